The predicted molar refractivity (Wildman–Crippen MR) is 88.1 cm³/mol. The number of hydrogen-bond donors (Lipinski definition) is 1. The first-order valence-corrected chi connectivity index (χ1v) is 7.85. The highest BCUT2D eigenvalue weighted by Crippen LogP contribution is 2.14. The summed E-state index contributed by atoms with van der Waals surface area (Å²) < 4.78 is 0. The lowest BCUT2D eigenvalue weighted by Gasteiger charge is -2.18. The highest BCUT2D eigenvalue weighted by Gasteiger charge is 2.08. The Morgan fingerprint density at radius 3 is 2.62 bits per heavy atom. The van der Waals surface area contributed by atoms with Gasteiger partial charge in [0.25, 0.3) is 0 Å². The number of hydrogen-bond acceptors (Lipinski definition) is 2. The largest absolute Gasteiger partial charge is 0.328 e. The second kappa shape index (κ2) is 8.45. The van der Waals surface area contributed by atoms with E-state index >= 15 is 0 Å². The summed E-state index contributed by atoms with van der Waals surface area (Å²) in [6, 6.07) is 9.48. The van der Waals surface area contributed by atoms with Gasteiger partial charge in [0.05, 0.1) is 0 Å². The van der Waals surface area contributed by atoms with Crippen molar-refractivity contribution < 1.29 is 4.79 Å². The molecule has 21 heavy (non-hydrogen) atoms. The van der Waals surface area contributed by atoms with Gasteiger partial charge >= 0.3 is 6.03 Å². The minimum absolute atomic E-state index is 0.0634. The predicted octanol–water partition coefficient (Wildman–Crippen LogP) is 3.95. The lowest BCUT2D eigenvalue weighted by atomic mass is 9.98. The van der Waals surface area contributed by atoms with Gasteiger partial charge in [0, 0.05) is 31.5 Å². The molecule has 0 unspecified atom stereocenters. The average molecular weight is 287 g/mol. The number of urea groups is 1. The molecule has 1 aliphatic carbocycles. The number of nitrogens with zero attached hydrogens (tertiary/aromatic N) is 2. The Labute approximate surface area is 127 Å². The standard InChI is InChI=1S/C17H25N3O/c1-20(17(21)19-16-11-6-3-7-12-16)14-8-13-18-15-9-4-2-5-10-15/h3,6-7,11-12H,2,4-5,8-10,13-14H2,1H3,(H,19,21). The first-order valence-electron chi connectivity index (χ1n) is 7.85. The summed E-state index contributed by atoms with van der Waals surface area (Å²) >= 11 is 0. The zero-order valence-electron chi connectivity index (χ0n) is 12.8. The topological polar surface area (TPSA) is 44.7 Å². The van der Waals surface area contributed by atoms with Gasteiger partial charge in [-0.2, -0.15) is 0 Å². The van der Waals surface area contributed by atoms with E-state index in [-0.39, 0.29) is 6.03 Å². The average Bonchev–Trinajstić information content (AvgIpc) is 2.53. The van der Waals surface area contributed by atoms with Gasteiger partial charge in [0.1, 0.15) is 0 Å². The molecule has 1 aliphatic rings. The summed E-state index contributed by atoms with van der Waals surface area (Å²) in [5.74, 6) is 0. The molecular weight excluding hydrogens is 262 g/mol. The van der Waals surface area contributed by atoms with Gasteiger partial charge < -0.3 is 10.2 Å². The Morgan fingerprint density at radius 2 is 1.90 bits per heavy atom. The van der Waals surface area contributed by atoms with Crippen LogP contribution in [0.5, 0.6) is 0 Å². The number of amides is 2. The molecule has 1 aromatic carbocycles. The van der Waals surface area contributed by atoms with Crippen LogP contribution < -0.4 is 5.32 Å². The van der Waals surface area contributed by atoms with Crippen LogP contribution in [0.15, 0.2) is 35.3 Å². The van der Waals surface area contributed by atoms with Crippen LogP contribution in [0, 0.1) is 0 Å². The van der Waals surface area contributed by atoms with Crippen LogP contribution in [0.3, 0.4) is 0 Å². The van der Waals surface area contributed by atoms with E-state index in [2.05, 4.69) is 10.3 Å². The quantitative estimate of drug-likeness (QED) is 0.819. The first kappa shape index (κ1) is 15.5. The molecule has 4 nitrogen and oxygen atoms in total. The van der Waals surface area contributed by atoms with Crippen LogP contribution in [0.1, 0.15) is 38.5 Å². The minimum Gasteiger partial charge on any atom is -0.328 e. The Balaban J connectivity index is 1.66. The van der Waals surface area contributed by atoms with E-state index in [4.69, 9.17) is 0 Å². The number of aliphatic imine (C=N–C) groups is 1. The molecule has 1 saturated carbocycles. The van der Waals surface area contributed by atoms with Crippen molar-refractivity contribution in [2.45, 2.75) is 38.5 Å². The number of para-hydroxylation sites is 1. The van der Waals surface area contributed by atoms with Crippen molar-refractivity contribution in [3.63, 3.8) is 0 Å². The van der Waals surface area contributed by atoms with E-state index < -0.39 is 0 Å². The van der Waals surface area contributed by atoms with E-state index in [0.717, 1.165) is 25.2 Å². The third kappa shape index (κ3) is 5.58. The van der Waals surface area contributed by atoms with Crippen molar-refractivity contribution in [3.8, 4) is 0 Å². The summed E-state index contributed by atoms with van der Waals surface area (Å²) in [6.45, 7) is 1.56. The highest BCUT2D eigenvalue weighted by atomic mass is 16.2. The minimum atomic E-state index is -0.0634. The van der Waals surface area contributed by atoms with Gasteiger partial charge in [-0.1, -0.05) is 24.6 Å². The maximum Gasteiger partial charge on any atom is 0.321 e. The fourth-order valence-electron chi connectivity index (χ4n) is 2.50. The first-order chi connectivity index (χ1) is 10.3. The Hall–Kier alpha value is -1.84. The number of anilines is 1. The van der Waals surface area contributed by atoms with Gasteiger partial charge in [0.2, 0.25) is 0 Å². The molecule has 0 heterocycles. The lowest BCUT2D eigenvalue weighted by molar-refractivity contribution is 0.222. The summed E-state index contributed by atoms with van der Waals surface area (Å²) in [6.07, 6.45) is 7.19. The van der Waals surface area contributed by atoms with Crippen LogP contribution in [0.4, 0.5) is 10.5 Å². The molecule has 0 saturated heterocycles. The van der Waals surface area contributed by atoms with Gasteiger partial charge in [-0.15, -0.1) is 0 Å². The maximum atomic E-state index is 12.0. The van der Waals surface area contributed by atoms with Crippen molar-refractivity contribution >= 4 is 17.4 Å². The molecule has 1 N–H and O–H groups in total. The Kier molecular flexibility index (Phi) is 6.25. The molecule has 1 fully saturated rings. The third-order valence-corrected chi connectivity index (χ3v) is 3.79. The lowest BCUT2D eigenvalue weighted by Crippen LogP contribution is -2.32. The number of carbonyl (C=O) groups excluding carboxylic acids is 1. The number of benzene rings is 1. The summed E-state index contributed by atoms with van der Waals surface area (Å²) in [5, 5.41) is 2.88. The monoisotopic (exact) mass is 287 g/mol. The Morgan fingerprint density at radius 1 is 1.19 bits per heavy atom. The van der Waals surface area contributed by atoms with Crippen LogP contribution in [-0.4, -0.2) is 36.8 Å². The molecule has 4 heteroatoms. The molecule has 0 atom stereocenters. The molecule has 2 amide bonds. The number of nitrogens with one attached hydrogen (secondary N) is 1. The van der Waals surface area contributed by atoms with Gasteiger partial charge in [-0.05, 0) is 44.2 Å². The molecular formula is C17H25N3O. The maximum absolute atomic E-state index is 12.0. The van der Waals surface area contributed by atoms with Crippen LogP contribution >= 0.6 is 0 Å². The number of rotatable bonds is 5. The molecule has 114 valence electrons. The zero-order chi connectivity index (χ0) is 14.9. The van der Waals surface area contributed by atoms with E-state index in [1.54, 1.807) is 4.90 Å². The molecule has 1 aromatic rings. The second-order valence-corrected chi connectivity index (χ2v) is 5.58. The van der Waals surface area contributed by atoms with E-state index in [0.29, 0.717) is 0 Å². The van der Waals surface area contributed by atoms with Crippen LogP contribution in [0.25, 0.3) is 0 Å². The van der Waals surface area contributed by atoms with E-state index in [1.165, 1.54) is 37.8 Å². The summed E-state index contributed by atoms with van der Waals surface area (Å²) in [7, 11) is 1.83. The Bertz CT molecular complexity index is 462. The SMILES string of the molecule is CN(CCCN=C1CCCCC1)C(=O)Nc1ccccc1. The molecule has 0 radical (unpaired) electrons. The molecule has 0 aromatic heterocycles. The van der Waals surface area contributed by atoms with Crippen LogP contribution in [-0.2, 0) is 0 Å². The van der Waals surface area contributed by atoms with Gasteiger partial charge in [-0.25, -0.2) is 4.79 Å². The zero-order valence-corrected chi connectivity index (χ0v) is 12.8. The normalized spacial score (nSPS) is 14.6. The fourth-order valence-corrected chi connectivity index (χ4v) is 2.50. The van der Waals surface area contributed by atoms with Gasteiger partial charge in [-0.3, -0.25) is 4.99 Å². The smallest absolute Gasteiger partial charge is 0.321 e. The van der Waals surface area contributed by atoms with Gasteiger partial charge in [0.15, 0.2) is 0 Å². The van der Waals surface area contributed by atoms with Crippen molar-refractivity contribution in [2.24, 2.45) is 4.99 Å². The summed E-state index contributed by atoms with van der Waals surface area (Å²) in [4.78, 5) is 18.4. The van der Waals surface area contributed by atoms with E-state index in [1.807, 2.05) is 37.4 Å². The van der Waals surface area contributed by atoms with E-state index in [9.17, 15) is 4.79 Å². The molecule has 0 aliphatic heterocycles. The van der Waals surface area contributed by atoms with Crippen molar-refractivity contribution in [3.05, 3.63) is 30.3 Å². The molecule has 0 spiro atoms. The molecule has 2 rings (SSSR count). The van der Waals surface area contributed by atoms with Crippen molar-refractivity contribution in [2.75, 3.05) is 25.5 Å². The van der Waals surface area contributed by atoms with Crippen molar-refractivity contribution in [1.29, 1.82) is 0 Å². The van der Waals surface area contributed by atoms with Crippen LogP contribution in [0.2, 0.25) is 0 Å². The highest BCUT2D eigenvalue weighted by molar-refractivity contribution is 5.89. The molecule has 0 bridgehead atoms. The summed E-state index contributed by atoms with van der Waals surface area (Å²) in [5.41, 5.74) is 2.20. The second-order valence-electron chi connectivity index (χ2n) is 5.58. The fraction of sp³-hybridized carbons (Fsp3) is 0.529. The van der Waals surface area contributed by atoms with Crippen molar-refractivity contribution in [1.82, 2.24) is 4.90 Å². The number of carbonyl (C=O) groups is 1. The third-order valence-electron chi connectivity index (χ3n) is 3.79.